The lowest BCUT2D eigenvalue weighted by Crippen LogP contribution is -2.45. The SMILES string of the molecule is C(CC1CO1)CC(CC1CO1)OCC(COC(CCCC1CO1)CC1CO1)(COC(CCCC1CO1)CC1CO1)COC(CCCC1CO1)CC1CO1. The van der Waals surface area contributed by atoms with Crippen molar-refractivity contribution in [2.45, 2.75) is 176 Å². The highest BCUT2D eigenvalue weighted by Gasteiger charge is 2.40. The first-order chi connectivity index (χ1) is 26.1. The summed E-state index contributed by atoms with van der Waals surface area (Å²) in [5, 5.41) is 0. The lowest BCUT2D eigenvalue weighted by molar-refractivity contribution is -0.154. The quantitative estimate of drug-likeness (QED) is 0.0802. The van der Waals surface area contributed by atoms with Crippen molar-refractivity contribution >= 4 is 0 Å². The van der Waals surface area contributed by atoms with Crippen molar-refractivity contribution in [3.63, 3.8) is 0 Å². The Kier molecular flexibility index (Phi) is 14.7. The molecule has 8 heterocycles. The van der Waals surface area contributed by atoms with E-state index in [1.165, 1.54) is 0 Å². The van der Waals surface area contributed by atoms with E-state index >= 15 is 0 Å². The summed E-state index contributed by atoms with van der Waals surface area (Å²) in [6.07, 6.45) is 19.8. The van der Waals surface area contributed by atoms with Crippen LogP contribution in [0.25, 0.3) is 0 Å². The largest absolute Gasteiger partial charge is 0.377 e. The van der Waals surface area contributed by atoms with E-state index in [1.54, 1.807) is 0 Å². The molecule has 12 heteroatoms. The van der Waals surface area contributed by atoms with E-state index in [4.69, 9.17) is 56.8 Å². The summed E-state index contributed by atoms with van der Waals surface area (Å²) in [6, 6.07) is 0. The van der Waals surface area contributed by atoms with Crippen molar-refractivity contribution in [2.24, 2.45) is 5.41 Å². The van der Waals surface area contributed by atoms with Crippen LogP contribution in [-0.4, -0.2) is 153 Å². The standard InChI is InChI=1S/C41H68O12/c1(9-33-17-42-33)5-29(13-37-21-46-37)50-25-41(26-51-30(14-38-22-47-38)6-2-10-34-18-43-34,27-52-31(15-39-23-48-39)7-3-11-35-19-44-35)28-53-32(16-40-24-49-40)8-4-12-36-20-45-36/h29-40H,1-28H2. The minimum absolute atomic E-state index is 0.109. The van der Waals surface area contributed by atoms with Gasteiger partial charge in [-0.15, -0.1) is 0 Å². The molecule has 0 aromatic heterocycles. The zero-order valence-corrected chi connectivity index (χ0v) is 32.1. The van der Waals surface area contributed by atoms with Gasteiger partial charge < -0.3 is 56.8 Å². The fourth-order valence-corrected chi connectivity index (χ4v) is 7.73. The Bertz CT molecular complexity index is 884. The van der Waals surface area contributed by atoms with Crippen LogP contribution in [0, 0.1) is 5.41 Å². The Morgan fingerprint density at radius 2 is 0.547 bits per heavy atom. The third-order valence-electron chi connectivity index (χ3n) is 12.0. The molecular formula is C41H68O12. The van der Waals surface area contributed by atoms with E-state index in [0.717, 1.165) is 156 Å². The van der Waals surface area contributed by atoms with E-state index in [0.29, 0.717) is 75.3 Å². The summed E-state index contributed by atoms with van der Waals surface area (Å²) in [4.78, 5) is 0. The number of ether oxygens (including phenoxy) is 12. The summed E-state index contributed by atoms with van der Waals surface area (Å²) in [7, 11) is 0. The van der Waals surface area contributed by atoms with Gasteiger partial charge in [-0.2, -0.15) is 0 Å². The molecule has 8 aliphatic rings. The second kappa shape index (κ2) is 19.8. The molecule has 0 spiro atoms. The van der Waals surface area contributed by atoms with E-state index in [9.17, 15) is 0 Å². The normalized spacial score (nSPS) is 34.9. The molecular weight excluding hydrogens is 684 g/mol. The fourth-order valence-electron chi connectivity index (χ4n) is 7.73. The average Bonchev–Trinajstić information content (AvgIpc) is 3.96. The van der Waals surface area contributed by atoms with Gasteiger partial charge in [0.1, 0.15) is 0 Å². The molecule has 8 rings (SSSR count). The molecule has 8 aliphatic heterocycles. The zero-order chi connectivity index (χ0) is 35.7. The summed E-state index contributed by atoms with van der Waals surface area (Å²) >= 11 is 0. The summed E-state index contributed by atoms with van der Waals surface area (Å²) in [6.45, 7) is 8.96. The van der Waals surface area contributed by atoms with Gasteiger partial charge in [0.05, 0.1) is 158 Å². The van der Waals surface area contributed by atoms with Crippen LogP contribution >= 0.6 is 0 Å². The van der Waals surface area contributed by atoms with Crippen molar-refractivity contribution in [1.29, 1.82) is 0 Å². The third-order valence-corrected chi connectivity index (χ3v) is 12.0. The molecule has 12 atom stereocenters. The van der Waals surface area contributed by atoms with E-state index in [2.05, 4.69) is 0 Å². The average molecular weight is 753 g/mol. The molecule has 0 amide bonds. The van der Waals surface area contributed by atoms with Crippen molar-refractivity contribution < 1.29 is 56.8 Å². The van der Waals surface area contributed by atoms with Crippen LogP contribution in [0.3, 0.4) is 0 Å². The Morgan fingerprint density at radius 3 is 0.736 bits per heavy atom. The first-order valence-electron chi connectivity index (χ1n) is 21.5. The van der Waals surface area contributed by atoms with Crippen molar-refractivity contribution in [1.82, 2.24) is 0 Å². The maximum atomic E-state index is 7.02. The van der Waals surface area contributed by atoms with Gasteiger partial charge >= 0.3 is 0 Å². The molecule has 304 valence electrons. The first kappa shape index (κ1) is 39.4. The minimum atomic E-state index is -0.491. The Balaban J connectivity index is 0.967. The molecule has 0 saturated carbocycles. The van der Waals surface area contributed by atoms with Gasteiger partial charge in [-0.05, 0) is 77.0 Å². The lowest BCUT2D eigenvalue weighted by atomic mass is 9.90. The highest BCUT2D eigenvalue weighted by molar-refractivity contribution is 4.87. The van der Waals surface area contributed by atoms with Gasteiger partial charge in [0.2, 0.25) is 0 Å². The highest BCUT2D eigenvalue weighted by Crippen LogP contribution is 2.33. The number of epoxide rings is 8. The summed E-state index contributed by atoms with van der Waals surface area (Å²) < 4.78 is 73.0. The van der Waals surface area contributed by atoms with Gasteiger partial charge in [0.15, 0.2) is 0 Å². The predicted molar refractivity (Wildman–Crippen MR) is 193 cm³/mol. The monoisotopic (exact) mass is 752 g/mol. The summed E-state index contributed by atoms with van der Waals surface area (Å²) in [5.41, 5.74) is -0.491. The van der Waals surface area contributed by atoms with E-state index in [1.807, 2.05) is 0 Å². The predicted octanol–water partition coefficient (Wildman–Crippen LogP) is 4.95. The van der Waals surface area contributed by atoms with Gasteiger partial charge in [0.25, 0.3) is 0 Å². The molecule has 0 N–H and O–H groups in total. The molecule has 0 bridgehead atoms. The molecule has 0 radical (unpaired) electrons. The van der Waals surface area contributed by atoms with Crippen molar-refractivity contribution in [2.75, 3.05) is 79.3 Å². The topological polar surface area (TPSA) is 137 Å². The molecule has 0 aromatic rings. The van der Waals surface area contributed by atoms with E-state index < -0.39 is 5.41 Å². The number of hydrogen-bond acceptors (Lipinski definition) is 12. The van der Waals surface area contributed by atoms with Gasteiger partial charge in [0, 0.05) is 25.7 Å². The lowest BCUT2D eigenvalue weighted by Gasteiger charge is -2.38. The van der Waals surface area contributed by atoms with Crippen LogP contribution < -0.4 is 0 Å². The molecule has 8 fully saturated rings. The van der Waals surface area contributed by atoms with Gasteiger partial charge in [-0.3, -0.25) is 0 Å². The maximum Gasteiger partial charge on any atom is 0.0834 e. The smallest absolute Gasteiger partial charge is 0.0834 e. The highest BCUT2D eigenvalue weighted by atomic mass is 16.6. The molecule has 0 aliphatic carbocycles. The van der Waals surface area contributed by atoms with Gasteiger partial charge in [-0.25, -0.2) is 0 Å². The summed E-state index contributed by atoms with van der Waals surface area (Å²) in [5.74, 6) is 0. The van der Waals surface area contributed by atoms with Crippen LogP contribution in [0.5, 0.6) is 0 Å². The van der Waals surface area contributed by atoms with Crippen molar-refractivity contribution in [3.8, 4) is 0 Å². The van der Waals surface area contributed by atoms with Crippen LogP contribution in [0.15, 0.2) is 0 Å². The second-order valence-corrected chi connectivity index (χ2v) is 17.5. The number of rotatable bonds is 36. The molecule has 12 unspecified atom stereocenters. The zero-order valence-electron chi connectivity index (χ0n) is 32.1. The molecule has 53 heavy (non-hydrogen) atoms. The Labute approximate surface area is 317 Å². The van der Waals surface area contributed by atoms with E-state index in [-0.39, 0.29) is 24.4 Å². The second-order valence-electron chi connectivity index (χ2n) is 17.5. The first-order valence-corrected chi connectivity index (χ1v) is 21.5. The minimum Gasteiger partial charge on any atom is -0.377 e. The molecule has 8 saturated heterocycles. The number of hydrogen-bond donors (Lipinski definition) is 0. The Hall–Kier alpha value is -0.480. The maximum absolute atomic E-state index is 7.02. The van der Waals surface area contributed by atoms with Crippen LogP contribution in [-0.2, 0) is 56.8 Å². The molecule has 0 aromatic carbocycles. The van der Waals surface area contributed by atoms with Crippen molar-refractivity contribution in [3.05, 3.63) is 0 Å². The van der Waals surface area contributed by atoms with Gasteiger partial charge in [-0.1, -0.05) is 0 Å². The van der Waals surface area contributed by atoms with Crippen LogP contribution in [0.2, 0.25) is 0 Å². The fraction of sp³-hybridized carbons (Fsp3) is 1.00. The van der Waals surface area contributed by atoms with Crippen LogP contribution in [0.1, 0.15) is 103 Å². The third kappa shape index (κ3) is 16.5. The molecule has 12 nitrogen and oxygen atoms in total. The van der Waals surface area contributed by atoms with Crippen LogP contribution in [0.4, 0.5) is 0 Å². The Morgan fingerprint density at radius 1 is 0.340 bits per heavy atom.